The minimum absolute atomic E-state index is 0.00405. The minimum atomic E-state index is -4.45. The fourth-order valence-corrected chi connectivity index (χ4v) is 2.91. The number of hydrogen-bond acceptors (Lipinski definition) is 5. The monoisotopic (exact) mass is 357 g/mol. The summed E-state index contributed by atoms with van der Waals surface area (Å²) in [5.74, 6) is 1.07. The molecule has 2 N–H and O–H groups in total. The molecule has 0 bridgehead atoms. The van der Waals surface area contributed by atoms with Gasteiger partial charge < -0.3 is 15.5 Å². The predicted molar refractivity (Wildman–Crippen MR) is 87.3 cm³/mol. The second kappa shape index (κ2) is 6.35. The summed E-state index contributed by atoms with van der Waals surface area (Å²) in [7, 11) is 0. The Hall–Kier alpha value is -2.22. The molecular formula is C15H15ClF3N5. The molecule has 9 heteroatoms. The molecule has 0 spiro atoms. The normalized spacial score (nSPS) is 15.7. The molecule has 3 rings (SSSR count). The molecular weight excluding hydrogens is 343 g/mol. The van der Waals surface area contributed by atoms with Gasteiger partial charge in [-0.1, -0.05) is 11.6 Å². The summed E-state index contributed by atoms with van der Waals surface area (Å²) in [6.07, 6.45) is -1.97. The summed E-state index contributed by atoms with van der Waals surface area (Å²) >= 11 is 6.00. The molecule has 0 radical (unpaired) electrons. The molecule has 2 aromatic rings. The first-order valence-corrected chi connectivity index (χ1v) is 7.67. The van der Waals surface area contributed by atoms with Gasteiger partial charge in [-0.25, -0.2) is 9.97 Å². The van der Waals surface area contributed by atoms with Crippen LogP contribution in [0, 0.1) is 0 Å². The van der Waals surface area contributed by atoms with E-state index in [1.54, 1.807) is 18.3 Å². The van der Waals surface area contributed by atoms with Crippen LogP contribution < -0.4 is 15.5 Å². The summed E-state index contributed by atoms with van der Waals surface area (Å²) in [6.45, 7) is 2.38. The number of alkyl halides is 3. The quantitative estimate of drug-likeness (QED) is 0.895. The fraction of sp³-hybridized carbons (Fsp3) is 0.333. The molecule has 128 valence electrons. The number of anilines is 3. The van der Waals surface area contributed by atoms with Crippen molar-refractivity contribution < 1.29 is 13.2 Å². The number of halogens is 4. The van der Waals surface area contributed by atoms with Gasteiger partial charge in [0.15, 0.2) is 5.82 Å². The number of hydrogen-bond donors (Lipinski definition) is 1. The van der Waals surface area contributed by atoms with Crippen LogP contribution in [0.5, 0.6) is 0 Å². The second-order valence-electron chi connectivity index (χ2n) is 5.42. The maximum absolute atomic E-state index is 12.7. The number of nitrogen functional groups attached to an aromatic ring is 1. The molecule has 3 heterocycles. The zero-order chi connectivity index (χ0) is 17.3. The highest BCUT2D eigenvalue weighted by Gasteiger charge is 2.32. The van der Waals surface area contributed by atoms with E-state index in [4.69, 9.17) is 17.3 Å². The van der Waals surface area contributed by atoms with Gasteiger partial charge in [-0.3, -0.25) is 0 Å². The van der Waals surface area contributed by atoms with Crippen LogP contribution in [0.15, 0.2) is 30.6 Å². The topological polar surface area (TPSA) is 58.3 Å². The third-order valence-electron chi connectivity index (χ3n) is 3.84. The zero-order valence-corrected chi connectivity index (χ0v) is 13.3. The van der Waals surface area contributed by atoms with Crippen molar-refractivity contribution in [3.63, 3.8) is 0 Å². The third kappa shape index (κ3) is 3.33. The van der Waals surface area contributed by atoms with Gasteiger partial charge in [0.05, 0.1) is 16.3 Å². The Labute approximate surface area is 141 Å². The van der Waals surface area contributed by atoms with Crippen molar-refractivity contribution in [3.05, 3.63) is 41.2 Å². The van der Waals surface area contributed by atoms with Crippen LogP contribution in [0.25, 0.3) is 0 Å². The molecule has 0 saturated carbocycles. The van der Waals surface area contributed by atoms with Crippen LogP contribution in [0.2, 0.25) is 5.02 Å². The van der Waals surface area contributed by atoms with Crippen molar-refractivity contribution in [1.29, 1.82) is 0 Å². The molecule has 5 nitrogen and oxygen atoms in total. The van der Waals surface area contributed by atoms with E-state index in [1.807, 2.05) is 9.80 Å². The lowest BCUT2D eigenvalue weighted by Crippen LogP contribution is -2.47. The van der Waals surface area contributed by atoms with Crippen LogP contribution >= 0.6 is 11.6 Å². The first kappa shape index (κ1) is 16.6. The molecule has 0 aromatic carbocycles. The van der Waals surface area contributed by atoms with E-state index in [-0.39, 0.29) is 5.02 Å². The Morgan fingerprint density at radius 3 is 2.21 bits per heavy atom. The average Bonchev–Trinajstić information content (AvgIpc) is 2.55. The van der Waals surface area contributed by atoms with Crippen molar-refractivity contribution in [3.8, 4) is 0 Å². The molecule has 1 aliphatic rings. The number of nitrogens with zero attached hydrogens (tertiary/aromatic N) is 4. The van der Waals surface area contributed by atoms with Gasteiger partial charge in [0.2, 0.25) is 0 Å². The van der Waals surface area contributed by atoms with E-state index in [2.05, 4.69) is 9.97 Å². The highest BCUT2D eigenvalue weighted by molar-refractivity contribution is 6.33. The second-order valence-corrected chi connectivity index (χ2v) is 5.82. The van der Waals surface area contributed by atoms with Crippen LogP contribution in [-0.4, -0.2) is 36.1 Å². The standard InChI is InChI=1S/C15H15ClF3N5/c16-11-8-10(15(17,18)19)9-22-13(11)23-4-6-24(7-5-23)14-12(20)2-1-3-21-14/h1-3,8-9H,4-7,20H2. The van der Waals surface area contributed by atoms with Crippen molar-refractivity contribution in [1.82, 2.24) is 9.97 Å². The molecule has 2 aromatic heterocycles. The van der Waals surface area contributed by atoms with Gasteiger partial charge >= 0.3 is 6.18 Å². The van der Waals surface area contributed by atoms with Gasteiger partial charge in [0.25, 0.3) is 0 Å². The van der Waals surface area contributed by atoms with Gasteiger partial charge in [-0.2, -0.15) is 13.2 Å². The SMILES string of the molecule is Nc1cccnc1N1CCN(c2ncc(C(F)(F)F)cc2Cl)CC1. The van der Waals surface area contributed by atoms with Crippen molar-refractivity contribution in [2.45, 2.75) is 6.18 Å². The Morgan fingerprint density at radius 1 is 1.04 bits per heavy atom. The minimum Gasteiger partial charge on any atom is -0.396 e. The van der Waals surface area contributed by atoms with E-state index in [9.17, 15) is 13.2 Å². The van der Waals surface area contributed by atoms with E-state index >= 15 is 0 Å². The maximum Gasteiger partial charge on any atom is 0.417 e. The molecule has 1 saturated heterocycles. The number of nitrogens with two attached hydrogens (primary N) is 1. The lowest BCUT2D eigenvalue weighted by molar-refractivity contribution is -0.137. The van der Waals surface area contributed by atoms with E-state index in [1.165, 1.54) is 0 Å². The maximum atomic E-state index is 12.7. The first-order valence-electron chi connectivity index (χ1n) is 7.29. The zero-order valence-electron chi connectivity index (χ0n) is 12.6. The molecule has 0 unspecified atom stereocenters. The van der Waals surface area contributed by atoms with Crippen molar-refractivity contribution in [2.24, 2.45) is 0 Å². The number of aromatic nitrogens is 2. The number of piperazine rings is 1. The summed E-state index contributed by atoms with van der Waals surface area (Å²) in [5.41, 5.74) is 5.66. The van der Waals surface area contributed by atoms with E-state index in [0.29, 0.717) is 43.5 Å². The van der Waals surface area contributed by atoms with Crippen LogP contribution in [0.4, 0.5) is 30.5 Å². The van der Waals surface area contributed by atoms with E-state index < -0.39 is 11.7 Å². The fourth-order valence-electron chi connectivity index (χ4n) is 2.62. The molecule has 24 heavy (non-hydrogen) atoms. The lowest BCUT2D eigenvalue weighted by Gasteiger charge is -2.36. The summed E-state index contributed by atoms with van der Waals surface area (Å²) < 4.78 is 38.0. The third-order valence-corrected chi connectivity index (χ3v) is 4.12. The molecule has 1 fully saturated rings. The summed E-state index contributed by atoms with van der Waals surface area (Å²) in [6, 6.07) is 4.46. The van der Waals surface area contributed by atoms with Crippen LogP contribution in [-0.2, 0) is 6.18 Å². The molecule has 0 aliphatic carbocycles. The predicted octanol–water partition coefficient (Wildman–Crippen LogP) is 3.06. The average molecular weight is 358 g/mol. The largest absolute Gasteiger partial charge is 0.417 e. The van der Waals surface area contributed by atoms with Gasteiger partial charge in [0.1, 0.15) is 5.82 Å². The number of pyridine rings is 2. The van der Waals surface area contributed by atoms with Crippen molar-refractivity contribution >= 4 is 28.9 Å². The van der Waals surface area contributed by atoms with Gasteiger partial charge in [0, 0.05) is 38.6 Å². The van der Waals surface area contributed by atoms with Crippen molar-refractivity contribution in [2.75, 3.05) is 41.7 Å². The Balaban J connectivity index is 1.72. The van der Waals surface area contributed by atoms with Gasteiger partial charge in [-0.05, 0) is 18.2 Å². The van der Waals surface area contributed by atoms with Crippen LogP contribution in [0.1, 0.15) is 5.56 Å². The molecule has 0 atom stereocenters. The Bertz CT molecular complexity index is 729. The van der Waals surface area contributed by atoms with Gasteiger partial charge in [-0.15, -0.1) is 0 Å². The lowest BCUT2D eigenvalue weighted by atomic mass is 10.2. The number of rotatable bonds is 2. The van der Waals surface area contributed by atoms with E-state index in [0.717, 1.165) is 12.3 Å². The smallest absolute Gasteiger partial charge is 0.396 e. The molecule has 1 aliphatic heterocycles. The Morgan fingerprint density at radius 2 is 1.67 bits per heavy atom. The Kier molecular flexibility index (Phi) is 4.40. The van der Waals surface area contributed by atoms with Crippen LogP contribution in [0.3, 0.4) is 0 Å². The highest BCUT2D eigenvalue weighted by atomic mass is 35.5. The summed E-state index contributed by atoms with van der Waals surface area (Å²) in [4.78, 5) is 12.1. The first-order chi connectivity index (χ1) is 11.4. The highest BCUT2D eigenvalue weighted by Crippen LogP contribution is 2.34. The summed E-state index contributed by atoms with van der Waals surface area (Å²) in [5, 5.41) is -0.00405. The molecule has 0 amide bonds.